The number of benzene rings is 1. The number of nitrogens with zero attached hydrogens (tertiary/aromatic N) is 2. The molecule has 0 spiro atoms. The van der Waals surface area contributed by atoms with E-state index in [9.17, 15) is 0 Å². The number of hydrogen-bond acceptors (Lipinski definition) is 4. The van der Waals surface area contributed by atoms with E-state index in [0.29, 0.717) is 5.15 Å². The summed E-state index contributed by atoms with van der Waals surface area (Å²) in [6.07, 6.45) is 2.05. The van der Waals surface area contributed by atoms with Gasteiger partial charge in [-0.25, -0.2) is 9.97 Å². The second-order valence-electron chi connectivity index (χ2n) is 5.47. The molecule has 1 aromatic heterocycles. The molecule has 0 amide bonds. The molecule has 0 aliphatic carbocycles. The lowest BCUT2D eigenvalue weighted by Crippen LogP contribution is -2.16. The molecule has 2 aromatic rings. The van der Waals surface area contributed by atoms with E-state index in [1.165, 1.54) is 4.90 Å². The van der Waals surface area contributed by atoms with Crippen molar-refractivity contribution in [2.45, 2.75) is 31.1 Å². The van der Waals surface area contributed by atoms with Gasteiger partial charge < -0.3 is 5.32 Å². The van der Waals surface area contributed by atoms with Crippen LogP contribution in [-0.2, 0) is 5.41 Å². The van der Waals surface area contributed by atoms with Gasteiger partial charge in [-0.1, -0.05) is 44.5 Å². The summed E-state index contributed by atoms with van der Waals surface area (Å²) in [5, 5.41) is 3.77. The summed E-state index contributed by atoms with van der Waals surface area (Å²) in [5.74, 6) is 1.45. The fraction of sp³-hybridized carbons (Fsp3) is 0.333. The van der Waals surface area contributed by atoms with E-state index in [-0.39, 0.29) is 5.41 Å². The van der Waals surface area contributed by atoms with Crippen LogP contribution in [0.1, 0.15) is 26.6 Å². The van der Waals surface area contributed by atoms with Gasteiger partial charge in [0.15, 0.2) is 0 Å². The van der Waals surface area contributed by atoms with Crippen molar-refractivity contribution in [1.82, 2.24) is 9.97 Å². The first-order valence-corrected chi connectivity index (χ1v) is 7.95. The zero-order valence-corrected chi connectivity index (χ0v) is 13.6. The smallest absolute Gasteiger partial charge is 0.137 e. The van der Waals surface area contributed by atoms with Gasteiger partial charge in [0, 0.05) is 16.4 Å². The molecule has 1 aromatic carbocycles. The Morgan fingerprint density at radius 2 is 1.85 bits per heavy atom. The van der Waals surface area contributed by atoms with Crippen molar-refractivity contribution < 1.29 is 0 Å². The summed E-state index contributed by atoms with van der Waals surface area (Å²) < 4.78 is 0. The molecule has 0 aliphatic rings. The van der Waals surface area contributed by atoms with Crippen LogP contribution in [0.25, 0.3) is 0 Å². The summed E-state index contributed by atoms with van der Waals surface area (Å²) >= 11 is 7.79. The van der Waals surface area contributed by atoms with E-state index in [2.05, 4.69) is 42.1 Å². The number of nitrogens with one attached hydrogen (secondary N) is 1. The van der Waals surface area contributed by atoms with Gasteiger partial charge >= 0.3 is 0 Å². The van der Waals surface area contributed by atoms with Crippen LogP contribution < -0.4 is 5.32 Å². The highest BCUT2D eigenvalue weighted by Crippen LogP contribution is 2.29. The number of thioether (sulfide) groups is 1. The molecular formula is C15H18ClN3S. The Morgan fingerprint density at radius 3 is 2.50 bits per heavy atom. The van der Waals surface area contributed by atoms with Crippen LogP contribution in [0.15, 0.2) is 35.2 Å². The number of aromatic nitrogens is 2. The van der Waals surface area contributed by atoms with E-state index in [0.717, 1.165) is 17.3 Å². The number of para-hydroxylation sites is 1. The Labute approximate surface area is 129 Å². The Kier molecular flexibility index (Phi) is 4.55. The molecule has 1 heterocycles. The van der Waals surface area contributed by atoms with Crippen LogP contribution in [0.2, 0.25) is 5.15 Å². The molecule has 5 heteroatoms. The predicted octanol–water partition coefficient (Wildman–Crippen LogP) is 4.89. The van der Waals surface area contributed by atoms with Crippen molar-refractivity contribution in [3.63, 3.8) is 0 Å². The van der Waals surface area contributed by atoms with Crippen molar-refractivity contribution in [1.29, 1.82) is 0 Å². The molecule has 0 bridgehead atoms. The molecule has 0 saturated carbocycles. The van der Waals surface area contributed by atoms with Crippen molar-refractivity contribution in [2.75, 3.05) is 11.6 Å². The highest BCUT2D eigenvalue weighted by Gasteiger charge is 2.19. The van der Waals surface area contributed by atoms with Crippen LogP contribution in [0.4, 0.5) is 11.5 Å². The van der Waals surface area contributed by atoms with Crippen LogP contribution in [0.5, 0.6) is 0 Å². The van der Waals surface area contributed by atoms with Gasteiger partial charge in [0.2, 0.25) is 0 Å². The Balaban J connectivity index is 2.36. The van der Waals surface area contributed by atoms with E-state index >= 15 is 0 Å². The third kappa shape index (κ3) is 3.64. The summed E-state index contributed by atoms with van der Waals surface area (Å²) in [5.41, 5.74) is 0.884. The maximum Gasteiger partial charge on any atom is 0.137 e. The number of hydrogen-bond donors (Lipinski definition) is 1. The first-order valence-electron chi connectivity index (χ1n) is 6.35. The van der Waals surface area contributed by atoms with Crippen LogP contribution in [0, 0.1) is 0 Å². The largest absolute Gasteiger partial charge is 0.339 e. The van der Waals surface area contributed by atoms with Gasteiger partial charge in [0.25, 0.3) is 0 Å². The zero-order chi connectivity index (χ0) is 14.8. The molecule has 20 heavy (non-hydrogen) atoms. The van der Waals surface area contributed by atoms with Crippen LogP contribution >= 0.6 is 23.4 Å². The Bertz CT molecular complexity index is 608. The molecular weight excluding hydrogens is 290 g/mol. The lowest BCUT2D eigenvalue weighted by atomic mass is 9.96. The molecule has 0 fully saturated rings. The maximum absolute atomic E-state index is 6.10. The molecule has 2 rings (SSSR count). The minimum Gasteiger partial charge on any atom is -0.339 e. The van der Waals surface area contributed by atoms with Crippen LogP contribution in [-0.4, -0.2) is 16.2 Å². The molecule has 106 valence electrons. The molecule has 0 unspecified atom stereocenters. The average Bonchev–Trinajstić information content (AvgIpc) is 2.37. The molecule has 1 N–H and O–H groups in total. The summed E-state index contributed by atoms with van der Waals surface area (Å²) in [6, 6.07) is 9.85. The predicted molar refractivity (Wildman–Crippen MR) is 87.2 cm³/mol. The van der Waals surface area contributed by atoms with Gasteiger partial charge in [0.05, 0.1) is 5.69 Å². The van der Waals surface area contributed by atoms with E-state index in [1.807, 2.05) is 24.5 Å². The summed E-state index contributed by atoms with van der Waals surface area (Å²) in [6.45, 7) is 6.20. The SMILES string of the molecule is CSc1ccccc1Nc1cc(Cl)nc(C(C)(C)C)n1. The highest BCUT2D eigenvalue weighted by molar-refractivity contribution is 7.98. The van der Waals surface area contributed by atoms with E-state index < -0.39 is 0 Å². The average molecular weight is 308 g/mol. The lowest BCUT2D eigenvalue weighted by molar-refractivity contribution is 0.546. The second-order valence-corrected chi connectivity index (χ2v) is 6.71. The summed E-state index contributed by atoms with van der Waals surface area (Å²) in [7, 11) is 0. The number of halogens is 1. The third-order valence-corrected chi connectivity index (χ3v) is 3.72. The maximum atomic E-state index is 6.10. The highest BCUT2D eigenvalue weighted by atomic mass is 35.5. The topological polar surface area (TPSA) is 37.8 Å². The molecule has 0 radical (unpaired) electrons. The van der Waals surface area contributed by atoms with Gasteiger partial charge in [0.1, 0.15) is 16.8 Å². The first-order chi connectivity index (χ1) is 9.40. The summed E-state index contributed by atoms with van der Waals surface area (Å²) in [4.78, 5) is 10.0. The minimum absolute atomic E-state index is 0.139. The first kappa shape index (κ1) is 15.1. The molecule has 0 aliphatic heterocycles. The second kappa shape index (κ2) is 6.02. The zero-order valence-electron chi connectivity index (χ0n) is 12.1. The van der Waals surface area contributed by atoms with Crippen molar-refractivity contribution in [3.05, 3.63) is 41.3 Å². The molecule has 0 saturated heterocycles. The van der Waals surface area contributed by atoms with E-state index in [4.69, 9.17) is 11.6 Å². The molecule has 3 nitrogen and oxygen atoms in total. The quantitative estimate of drug-likeness (QED) is 0.647. The molecule has 0 atom stereocenters. The van der Waals surface area contributed by atoms with Gasteiger partial charge in [-0.3, -0.25) is 0 Å². The van der Waals surface area contributed by atoms with Crippen molar-refractivity contribution in [2.24, 2.45) is 0 Å². The third-order valence-electron chi connectivity index (χ3n) is 2.74. The van der Waals surface area contributed by atoms with Gasteiger partial charge in [-0.05, 0) is 18.4 Å². The van der Waals surface area contributed by atoms with Gasteiger partial charge in [-0.15, -0.1) is 11.8 Å². The van der Waals surface area contributed by atoms with Crippen molar-refractivity contribution >= 4 is 34.9 Å². The van der Waals surface area contributed by atoms with E-state index in [1.54, 1.807) is 17.8 Å². The Morgan fingerprint density at radius 1 is 1.15 bits per heavy atom. The fourth-order valence-corrected chi connectivity index (χ4v) is 2.44. The monoisotopic (exact) mass is 307 g/mol. The van der Waals surface area contributed by atoms with Crippen LogP contribution in [0.3, 0.4) is 0 Å². The lowest BCUT2D eigenvalue weighted by Gasteiger charge is -2.18. The van der Waals surface area contributed by atoms with Gasteiger partial charge in [-0.2, -0.15) is 0 Å². The number of rotatable bonds is 3. The minimum atomic E-state index is -0.139. The Hall–Kier alpha value is -1.26. The fourth-order valence-electron chi connectivity index (χ4n) is 1.70. The normalized spacial score (nSPS) is 11.4. The number of anilines is 2. The standard InChI is InChI=1S/C15H18ClN3S/c1-15(2,3)14-18-12(16)9-13(19-14)17-10-7-5-6-8-11(10)20-4/h5-9H,1-4H3,(H,17,18,19). The van der Waals surface area contributed by atoms with Crippen molar-refractivity contribution in [3.8, 4) is 0 Å².